The lowest BCUT2D eigenvalue weighted by molar-refractivity contribution is 0.0279. The minimum Gasteiger partial charge on any atom is -0.380 e. The molecular weight excluding hydrogens is 274 g/mol. The second-order valence-electron chi connectivity index (χ2n) is 4.26. The zero-order valence-electron chi connectivity index (χ0n) is 8.88. The van der Waals surface area contributed by atoms with E-state index in [-0.39, 0.29) is 5.54 Å². The average Bonchev–Trinajstić information content (AvgIpc) is 2.62. The van der Waals surface area contributed by atoms with Crippen LogP contribution in [0, 0.1) is 0 Å². The number of thiophene rings is 1. The Morgan fingerprint density at radius 1 is 1.67 bits per heavy atom. The lowest BCUT2D eigenvalue weighted by atomic mass is 9.95. The second kappa shape index (κ2) is 4.95. The predicted molar refractivity (Wildman–Crippen MR) is 67.3 cm³/mol. The maximum atomic E-state index is 5.51. The van der Waals surface area contributed by atoms with Gasteiger partial charge >= 0.3 is 0 Å². The van der Waals surface area contributed by atoms with E-state index in [2.05, 4.69) is 39.6 Å². The van der Waals surface area contributed by atoms with Crippen LogP contribution >= 0.6 is 27.3 Å². The van der Waals surface area contributed by atoms with Gasteiger partial charge in [0.1, 0.15) is 0 Å². The average molecular weight is 290 g/mol. The van der Waals surface area contributed by atoms with E-state index in [9.17, 15) is 0 Å². The van der Waals surface area contributed by atoms with Crippen LogP contribution < -0.4 is 5.32 Å². The highest BCUT2D eigenvalue weighted by Crippen LogP contribution is 2.24. The summed E-state index contributed by atoms with van der Waals surface area (Å²) in [5.74, 6) is 0. The summed E-state index contributed by atoms with van der Waals surface area (Å²) in [4.78, 5) is 1.36. The van der Waals surface area contributed by atoms with Gasteiger partial charge in [-0.2, -0.15) is 0 Å². The molecule has 1 saturated heterocycles. The highest BCUT2D eigenvalue weighted by molar-refractivity contribution is 9.10. The molecule has 0 bridgehead atoms. The quantitative estimate of drug-likeness (QED) is 0.923. The standard InChI is InChI=1S/C11H16BrNOS/c1-11(4-2-5-14-8-11)13-7-10-9(12)3-6-15-10/h3,6,13H,2,4-5,7-8H2,1H3. The summed E-state index contributed by atoms with van der Waals surface area (Å²) in [5.41, 5.74) is 0.154. The number of halogens is 1. The number of rotatable bonds is 3. The van der Waals surface area contributed by atoms with Crippen LogP contribution in [0.5, 0.6) is 0 Å². The molecule has 2 nitrogen and oxygen atoms in total. The Hall–Kier alpha value is 0.1000. The fourth-order valence-electron chi connectivity index (χ4n) is 1.82. The fraction of sp³-hybridized carbons (Fsp3) is 0.636. The minimum atomic E-state index is 0.154. The Kier molecular flexibility index (Phi) is 3.83. The Morgan fingerprint density at radius 2 is 2.53 bits per heavy atom. The summed E-state index contributed by atoms with van der Waals surface area (Å²) in [6.07, 6.45) is 2.37. The topological polar surface area (TPSA) is 21.3 Å². The molecule has 0 radical (unpaired) electrons. The van der Waals surface area contributed by atoms with Crippen molar-refractivity contribution in [3.05, 3.63) is 20.8 Å². The lowest BCUT2D eigenvalue weighted by Crippen LogP contribution is -2.48. The SMILES string of the molecule is CC1(NCc2sccc2Br)CCCOC1. The number of hydrogen-bond acceptors (Lipinski definition) is 3. The van der Waals surface area contributed by atoms with E-state index >= 15 is 0 Å². The minimum absolute atomic E-state index is 0.154. The maximum Gasteiger partial charge on any atom is 0.0645 e. The molecule has 1 aromatic rings. The first-order chi connectivity index (χ1) is 7.20. The molecule has 0 aliphatic carbocycles. The third-order valence-corrected chi connectivity index (χ3v) is 4.73. The summed E-state index contributed by atoms with van der Waals surface area (Å²) in [6.45, 7) is 4.92. The van der Waals surface area contributed by atoms with Crippen molar-refractivity contribution in [2.45, 2.75) is 31.8 Å². The van der Waals surface area contributed by atoms with Crippen molar-refractivity contribution < 1.29 is 4.74 Å². The van der Waals surface area contributed by atoms with E-state index in [1.165, 1.54) is 15.8 Å². The normalized spacial score (nSPS) is 26.8. The van der Waals surface area contributed by atoms with E-state index in [4.69, 9.17) is 4.74 Å². The van der Waals surface area contributed by atoms with Crippen LogP contribution in [0.25, 0.3) is 0 Å². The molecule has 1 fully saturated rings. The largest absolute Gasteiger partial charge is 0.380 e. The molecule has 1 aliphatic rings. The molecule has 0 amide bonds. The van der Waals surface area contributed by atoms with Crippen LogP contribution in [-0.4, -0.2) is 18.8 Å². The Bertz CT molecular complexity index is 320. The summed E-state index contributed by atoms with van der Waals surface area (Å²) in [7, 11) is 0. The van der Waals surface area contributed by atoms with Crippen molar-refractivity contribution in [3.8, 4) is 0 Å². The molecule has 15 heavy (non-hydrogen) atoms. The number of nitrogens with one attached hydrogen (secondary N) is 1. The molecule has 0 spiro atoms. The van der Waals surface area contributed by atoms with Crippen LogP contribution in [0.15, 0.2) is 15.9 Å². The van der Waals surface area contributed by atoms with Crippen molar-refractivity contribution >= 4 is 27.3 Å². The fourth-order valence-corrected chi connectivity index (χ4v) is 3.25. The van der Waals surface area contributed by atoms with Gasteiger partial charge < -0.3 is 10.1 Å². The van der Waals surface area contributed by atoms with Crippen LogP contribution in [-0.2, 0) is 11.3 Å². The van der Waals surface area contributed by atoms with Gasteiger partial charge in [-0.15, -0.1) is 11.3 Å². The molecule has 2 rings (SSSR count). The van der Waals surface area contributed by atoms with E-state index in [1.807, 2.05) is 0 Å². The first kappa shape index (κ1) is 11.6. The van der Waals surface area contributed by atoms with Crippen molar-refractivity contribution in [3.63, 3.8) is 0 Å². The van der Waals surface area contributed by atoms with Crippen molar-refractivity contribution in [2.24, 2.45) is 0 Å². The molecule has 0 aromatic carbocycles. The first-order valence-corrected chi connectivity index (χ1v) is 6.92. The molecule has 2 heterocycles. The summed E-state index contributed by atoms with van der Waals surface area (Å²) >= 11 is 5.33. The summed E-state index contributed by atoms with van der Waals surface area (Å²) < 4.78 is 6.72. The number of ether oxygens (including phenoxy) is 1. The maximum absolute atomic E-state index is 5.51. The van der Waals surface area contributed by atoms with Gasteiger partial charge in [-0.3, -0.25) is 0 Å². The second-order valence-corrected chi connectivity index (χ2v) is 6.12. The zero-order chi connectivity index (χ0) is 10.7. The van der Waals surface area contributed by atoms with Gasteiger partial charge in [0.05, 0.1) is 6.61 Å². The van der Waals surface area contributed by atoms with Gasteiger partial charge in [-0.05, 0) is 47.1 Å². The molecule has 0 saturated carbocycles. The highest BCUT2D eigenvalue weighted by atomic mass is 79.9. The van der Waals surface area contributed by atoms with E-state index in [1.54, 1.807) is 11.3 Å². The van der Waals surface area contributed by atoms with Crippen LogP contribution in [0.3, 0.4) is 0 Å². The monoisotopic (exact) mass is 289 g/mol. The molecule has 84 valence electrons. The molecule has 1 aliphatic heterocycles. The highest BCUT2D eigenvalue weighted by Gasteiger charge is 2.26. The third-order valence-electron chi connectivity index (χ3n) is 2.80. The Morgan fingerprint density at radius 3 is 3.13 bits per heavy atom. The van der Waals surface area contributed by atoms with Crippen LogP contribution in [0.4, 0.5) is 0 Å². The predicted octanol–water partition coefficient (Wildman–Crippen LogP) is 3.17. The Labute approximate surface area is 103 Å². The van der Waals surface area contributed by atoms with Gasteiger partial charge in [0, 0.05) is 28.0 Å². The van der Waals surface area contributed by atoms with E-state index in [0.717, 1.165) is 26.2 Å². The molecule has 1 unspecified atom stereocenters. The Balaban J connectivity index is 1.89. The molecule has 1 atom stereocenters. The van der Waals surface area contributed by atoms with Gasteiger partial charge in [0.25, 0.3) is 0 Å². The van der Waals surface area contributed by atoms with Crippen molar-refractivity contribution in [1.29, 1.82) is 0 Å². The summed E-state index contributed by atoms with van der Waals surface area (Å²) in [6, 6.07) is 2.10. The molecule has 4 heteroatoms. The van der Waals surface area contributed by atoms with E-state index < -0.39 is 0 Å². The van der Waals surface area contributed by atoms with Crippen LogP contribution in [0.1, 0.15) is 24.6 Å². The lowest BCUT2D eigenvalue weighted by Gasteiger charge is -2.34. The van der Waals surface area contributed by atoms with Gasteiger partial charge in [-0.1, -0.05) is 0 Å². The molecular formula is C11H16BrNOS. The van der Waals surface area contributed by atoms with Gasteiger partial charge in [0.15, 0.2) is 0 Å². The smallest absolute Gasteiger partial charge is 0.0645 e. The van der Waals surface area contributed by atoms with Crippen molar-refractivity contribution in [2.75, 3.05) is 13.2 Å². The molecule has 1 N–H and O–H groups in total. The van der Waals surface area contributed by atoms with Gasteiger partial charge in [-0.25, -0.2) is 0 Å². The first-order valence-electron chi connectivity index (χ1n) is 5.24. The van der Waals surface area contributed by atoms with E-state index in [0.29, 0.717) is 0 Å². The third kappa shape index (κ3) is 3.03. The molecule has 1 aromatic heterocycles. The van der Waals surface area contributed by atoms with Crippen LogP contribution in [0.2, 0.25) is 0 Å². The summed E-state index contributed by atoms with van der Waals surface area (Å²) in [5, 5.41) is 5.71. The van der Waals surface area contributed by atoms with Crippen molar-refractivity contribution in [1.82, 2.24) is 5.32 Å². The van der Waals surface area contributed by atoms with Gasteiger partial charge in [0.2, 0.25) is 0 Å². The zero-order valence-corrected chi connectivity index (χ0v) is 11.3. The number of hydrogen-bond donors (Lipinski definition) is 1.